The third-order valence-corrected chi connectivity index (χ3v) is 3.72. The lowest BCUT2D eigenvalue weighted by atomic mass is 10.3. The topological polar surface area (TPSA) is 66.5 Å². The Hall–Kier alpha value is -0.620. The molecule has 96 valence electrons. The number of nitrogens with zero attached hydrogens (tertiary/aromatic N) is 1. The number of carbonyl (C=O) groups is 1. The summed E-state index contributed by atoms with van der Waals surface area (Å²) in [5, 5.41) is 0. The molecule has 0 aliphatic rings. The van der Waals surface area contributed by atoms with Crippen molar-refractivity contribution in [2.45, 2.75) is 33.1 Å². The van der Waals surface area contributed by atoms with Crippen LogP contribution in [0.2, 0.25) is 0 Å². The van der Waals surface area contributed by atoms with Gasteiger partial charge in [0.2, 0.25) is 15.9 Å². The molecule has 1 N–H and O–H groups in total. The van der Waals surface area contributed by atoms with Crippen molar-refractivity contribution in [1.29, 1.82) is 0 Å². The first-order valence-corrected chi connectivity index (χ1v) is 7.29. The smallest absolute Gasteiger partial charge is 0.237 e. The Labute approximate surface area is 98.3 Å². The first kappa shape index (κ1) is 15.4. The monoisotopic (exact) mass is 250 g/mol. The SMILES string of the molecule is CCCCN(C)C(=O)CNS(=O)(=O)CCC. The summed E-state index contributed by atoms with van der Waals surface area (Å²) in [5.74, 6) is -0.119. The van der Waals surface area contributed by atoms with E-state index in [2.05, 4.69) is 4.72 Å². The number of sulfonamides is 1. The van der Waals surface area contributed by atoms with Crippen molar-refractivity contribution < 1.29 is 13.2 Å². The Morgan fingerprint density at radius 1 is 1.25 bits per heavy atom. The number of carbonyl (C=O) groups excluding carboxylic acids is 1. The molecule has 0 unspecified atom stereocenters. The summed E-state index contributed by atoms with van der Waals surface area (Å²) in [6, 6.07) is 0. The minimum absolute atomic E-state index is 0.0684. The molecule has 0 saturated heterocycles. The standard InChI is InChI=1S/C10H22N2O3S/c1-4-6-7-12(3)10(13)9-11-16(14,15)8-5-2/h11H,4-9H2,1-3H3. The number of likely N-dealkylation sites (N-methyl/N-ethyl adjacent to an activating group) is 1. The summed E-state index contributed by atoms with van der Waals surface area (Å²) in [4.78, 5) is 13.1. The Balaban J connectivity index is 3.97. The zero-order valence-corrected chi connectivity index (χ0v) is 11.1. The summed E-state index contributed by atoms with van der Waals surface area (Å²) in [7, 11) is -1.59. The lowest BCUT2D eigenvalue weighted by Crippen LogP contribution is -2.39. The molecule has 0 aromatic carbocycles. The molecule has 16 heavy (non-hydrogen) atoms. The third-order valence-electron chi connectivity index (χ3n) is 2.19. The van der Waals surface area contributed by atoms with Crippen LogP contribution in [0.1, 0.15) is 33.1 Å². The first-order chi connectivity index (χ1) is 7.43. The fourth-order valence-electron chi connectivity index (χ4n) is 1.17. The molecule has 0 saturated carbocycles. The van der Waals surface area contributed by atoms with Crippen LogP contribution >= 0.6 is 0 Å². The van der Waals surface area contributed by atoms with Gasteiger partial charge in [0.25, 0.3) is 0 Å². The van der Waals surface area contributed by atoms with Gasteiger partial charge in [-0.2, -0.15) is 0 Å². The third kappa shape index (κ3) is 6.79. The van der Waals surface area contributed by atoms with E-state index in [-0.39, 0.29) is 18.2 Å². The molecule has 0 aliphatic heterocycles. The zero-order valence-electron chi connectivity index (χ0n) is 10.3. The average Bonchev–Trinajstić information content (AvgIpc) is 2.22. The van der Waals surface area contributed by atoms with Gasteiger partial charge in [-0.05, 0) is 12.8 Å². The van der Waals surface area contributed by atoms with Crippen molar-refractivity contribution in [2.24, 2.45) is 0 Å². The fourth-order valence-corrected chi connectivity index (χ4v) is 2.19. The highest BCUT2D eigenvalue weighted by molar-refractivity contribution is 7.89. The second kappa shape index (κ2) is 7.62. The molecule has 0 bridgehead atoms. The minimum atomic E-state index is -3.28. The molecule has 1 amide bonds. The van der Waals surface area contributed by atoms with Crippen LogP contribution in [0.3, 0.4) is 0 Å². The highest BCUT2D eigenvalue weighted by Crippen LogP contribution is 1.93. The molecule has 6 heteroatoms. The van der Waals surface area contributed by atoms with Crippen molar-refractivity contribution in [3.63, 3.8) is 0 Å². The lowest BCUT2D eigenvalue weighted by Gasteiger charge is -2.16. The summed E-state index contributed by atoms with van der Waals surface area (Å²) in [6.07, 6.45) is 2.50. The van der Waals surface area contributed by atoms with Crippen LogP contribution in [0, 0.1) is 0 Å². The molecule has 0 atom stereocenters. The number of nitrogens with one attached hydrogen (secondary N) is 1. The highest BCUT2D eigenvalue weighted by Gasteiger charge is 2.13. The van der Waals surface area contributed by atoms with Crippen molar-refractivity contribution in [3.8, 4) is 0 Å². The number of rotatable bonds is 8. The van der Waals surface area contributed by atoms with Crippen molar-refractivity contribution in [2.75, 3.05) is 25.9 Å². The quantitative estimate of drug-likeness (QED) is 0.685. The normalized spacial score (nSPS) is 11.4. The minimum Gasteiger partial charge on any atom is -0.345 e. The maximum absolute atomic E-state index is 11.5. The number of unbranched alkanes of at least 4 members (excludes halogenated alkanes) is 1. The van der Waals surface area contributed by atoms with E-state index in [1.165, 1.54) is 0 Å². The molecule has 0 heterocycles. The Morgan fingerprint density at radius 2 is 1.88 bits per heavy atom. The second-order valence-electron chi connectivity index (χ2n) is 3.81. The van der Waals surface area contributed by atoms with Crippen LogP contribution in [0.4, 0.5) is 0 Å². The molecule has 0 radical (unpaired) electrons. The summed E-state index contributed by atoms with van der Waals surface area (Å²) in [5.41, 5.74) is 0. The predicted molar refractivity (Wildman–Crippen MR) is 64.6 cm³/mol. The highest BCUT2D eigenvalue weighted by atomic mass is 32.2. The summed E-state index contributed by atoms with van der Waals surface area (Å²) in [6.45, 7) is 4.37. The lowest BCUT2D eigenvalue weighted by molar-refractivity contribution is -0.128. The van der Waals surface area contributed by atoms with Gasteiger partial charge >= 0.3 is 0 Å². The van der Waals surface area contributed by atoms with Crippen LogP contribution in [0.15, 0.2) is 0 Å². The molecule has 0 spiro atoms. The number of amides is 1. The summed E-state index contributed by atoms with van der Waals surface area (Å²) >= 11 is 0. The van der Waals surface area contributed by atoms with E-state index in [0.717, 1.165) is 12.8 Å². The van der Waals surface area contributed by atoms with E-state index in [9.17, 15) is 13.2 Å². The molecule has 0 aliphatic carbocycles. The van der Waals surface area contributed by atoms with Crippen LogP contribution in [0.25, 0.3) is 0 Å². The van der Waals surface area contributed by atoms with Crippen LogP contribution in [-0.4, -0.2) is 45.1 Å². The van der Waals surface area contributed by atoms with E-state index in [1.807, 2.05) is 6.92 Å². The van der Waals surface area contributed by atoms with Gasteiger partial charge in [-0.1, -0.05) is 20.3 Å². The molecule has 0 aromatic heterocycles. The molecule has 0 rings (SSSR count). The van der Waals surface area contributed by atoms with E-state index < -0.39 is 10.0 Å². The Kier molecular flexibility index (Phi) is 7.33. The van der Waals surface area contributed by atoms with Gasteiger partial charge in [0.05, 0.1) is 12.3 Å². The molecular weight excluding hydrogens is 228 g/mol. The van der Waals surface area contributed by atoms with E-state index in [0.29, 0.717) is 13.0 Å². The van der Waals surface area contributed by atoms with Crippen molar-refractivity contribution >= 4 is 15.9 Å². The average molecular weight is 250 g/mol. The van der Waals surface area contributed by atoms with Crippen LogP contribution < -0.4 is 4.72 Å². The van der Waals surface area contributed by atoms with Gasteiger partial charge in [0, 0.05) is 13.6 Å². The van der Waals surface area contributed by atoms with Gasteiger partial charge in [-0.15, -0.1) is 0 Å². The van der Waals surface area contributed by atoms with Crippen molar-refractivity contribution in [3.05, 3.63) is 0 Å². The molecule has 0 fully saturated rings. The number of hydrogen-bond donors (Lipinski definition) is 1. The predicted octanol–water partition coefficient (Wildman–Crippen LogP) is 0.574. The second-order valence-corrected chi connectivity index (χ2v) is 5.74. The Morgan fingerprint density at radius 3 is 2.38 bits per heavy atom. The van der Waals surface area contributed by atoms with Gasteiger partial charge < -0.3 is 4.90 Å². The maximum Gasteiger partial charge on any atom is 0.237 e. The first-order valence-electron chi connectivity index (χ1n) is 5.64. The van der Waals surface area contributed by atoms with Gasteiger partial charge in [-0.25, -0.2) is 13.1 Å². The largest absolute Gasteiger partial charge is 0.345 e. The van der Waals surface area contributed by atoms with Gasteiger partial charge in [0.1, 0.15) is 0 Å². The van der Waals surface area contributed by atoms with E-state index in [1.54, 1.807) is 18.9 Å². The molecule has 0 aromatic rings. The van der Waals surface area contributed by atoms with E-state index in [4.69, 9.17) is 0 Å². The zero-order chi connectivity index (χ0) is 12.6. The maximum atomic E-state index is 11.5. The number of hydrogen-bond acceptors (Lipinski definition) is 3. The van der Waals surface area contributed by atoms with Gasteiger partial charge in [-0.3, -0.25) is 4.79 Å². The Bertz CT molecular complexity index is 301. The van der Waals surface area contributed by atoms with Crippen molar-refractivity contribution in [1.82, 2.24) is 9.62 Å². The fraction of sp³-hybridized carbons (Fsp3) is 0.900. The molecular formula is C10H22N2O3S. The van der Waals surface area contributed by atoms with Crippen LogP contribution in [0.5, 0.6) is 0 Å². The summed E-state index contributed by atoms with van der Waals surface area (Å²) < 4.78 is 24.9. The van der Waals surface area contributed by atoms with Gasteiger partial charge in [0.15, 0.2) is 0 Å². The van der Waals surface area contributed by atoms with Crippen LogP contribution in [-0.2, 0) is 14.8 Å². The molecule has 5 nitrogen and oxygen atoms in total. The van der Waals surface area contributed by atoms with E-state index >= 15 is 0 Å².